The van der Waals surface area contributed by atoms with Crippen molar-refractivity contribution in [1.82, 2.24) is 10.2 Å². The Morgan fingerprint density at radius 2 is 2.11 bits per heavy atom. The van der Waals surface area contributed by atoms with Crippen LogP contribution in [0, 0.1) is 0 Å². The zero-order chi connectivity index (χ0) is 13.3. The zero-order valence-electron chi connectivity index (χ0n) is 11.0. The van der Waals surface area contributed by atoms with Gasteiger partial charge in [-0.1, -0.05) is 18.2 Å². The van der Waals surface area contributed by atoms with E-state index in [1.54, 1.807) is 6.20 Å². The number of anilines is 1. The zero-order valence-corrected chi connectivity index (χ0v) is 11.0. The number of likely N-dealkylation sites (N-methyl/N-ethyl adjacent to an activating group) is 1. The highest BCUT2D eigenvalue weighted by molar-refractivity contribution is 5.61. The third-order valence-electron chi connectivity index (χ3n) is 3.68. The molecule has 0 radical (unpaired) electrons. The number of hydrogen-bond acceptors (Lipinski definition) is 4. The maximum absolute atomic E-state index is 11.0. The Morgan fingerprint density at radius 1 is 1.26 bits per heavy atom. The predicted molar refractivity (Wildman–Crippen MR) is 74.0 cm³/mol. The molecule has 1 aliphatic rings. The van der Waals surface area contributed by atoms with E-state index >= 15 is 0 Å². The first kappa shape index (κ1) is 12.1. The molecule has 1 aromatic heterocycles. The third-order valence-corrected chi connectivity index (χ3v) is 3.68. The van der Waals surface area contributed by atoms with Crippen molar-refractivity contribution < 1.29 is 5.11 Å². The van der Waals surface area contributed by atoms with E-state index in [4.69, 9.17) is 0 Å². The summed E-state index contributed by atoms with van der Waals surface area (Å²) in [7, 11) is 0. The molecule has 4 heteroatoms. The minimum atomic E-state index is -0.872. The van der Waals surface area contributed by atoms with Crippen molar-refractivity contribution in [2.45, 2.75) is 18.9 Å². The highest BCUT2D eigenvalue weighted by atomic mass is 16.3. The van der Waals surface area contributed by atoms with Crippen LogP contribution in [-0.2, 0) is 12.0 Å². The predicted octanol–water partition coefficient (Wildman–Crippen LogP) is 1.75. The van der Waals surface area contributed by atoms with Crippen molar-refractivity contribution in [3.05, 3.63) is 53.9 Å². The molecule has 19 heavy (non-hydrogen) atoms. The molecule has 98 valence electrons. The molecule has 4 nitrogen and oxygen atoms in total. The van der Waals surface area contributed by atoms with Gasteiger partial charge in [-0.15, -0.1) is 0 Å². The van der Waals surface area contributed by atoms with Crippen LogP contribution in [0.4, 0.5) is 5.69 Å². The van der Waals surface area contributed by atoms with Gasteiger partial charge < -0.3 is 10.0 Å². The highest BCUT2D eigenvalue weighted by Crippen LogP contribution is 2.40. The van der Waals surface area contributed by atoms with Crippen LogP contribution in [-0.4, -0.2) is 28.4 Å². The molecule has 3 rings (SSSR count). The van der Waals surface area contributed by atoms with Crippen LogP contribution in [0.1, 0.15) is 18.2 Å². The number of nitrogens with zero attached hydrogens (tertiary/aromatic N) is 3. The number of para-hydroxylation sites is 1. The molecule has 0 aliphatic carbocycles. The Balaban J connectivity index is 1.97. The molecule has 1 N–H and O–H groups in total. The molecule has 0 amide bonds. The average Bonchev–Trinajstić information content (AvgIpc) is 2.73. The average molecular weight is 255 g/mol. The summed E-state index contributed by atoms with van der Waals surface area (Å²) >= 11 is 0. The Kier molecular flexibility index (Phi) is 2.95. The molecule has 2 heterocycles. The molecule has 2 aromatic rings. The second kappa shape index (κ2) is 4.63. The fraction of sp³-hybridized carbons (Fsp3) is 0.333. The van der Waals surface area contributed by atoms with E-state index in [1.165, 1.54) is 0 Å². The topological polar surface area (TPSA) is 49.2 Å². The Hall–Kier alpha value is -1.94. The SMILES string of the molecule is CCN1CC(O)(Cc2cccnn2)c2ccccc21. The summed E-state index contributed by atoms with van der Waals surface area (Å²) in [5.41, 5.74) is 2.06. The van der Waals surface area contributed by atoms with Crippen LogP contribution < -0.4 is 4.90 Å². The molecule has 0 saturated heterocycles. The lowest BCUT2D eigenvalue weighted by molar-refractivity contribution is 0.0529. The quantitative estimate of drug-likeness (QED) is 0.907. The van der Waals surface area contributed by atoms with Gasteiger partial charge in [-0.3, -0.25) is 0 Å². The standard InChI is InChI=1S/C15H17N3O/c1-2-18-11-15(19,10-12-6-5-9-16-17-12)13-7-3-4-8-14(13)18/h3-9,19H,2,10-11H2,1H3. The lowest BCUT2D eigenvalue weighted by atomic mass is 9.91. The Bertz CT molecular complexity index is 573. The Morgan fingerprint density at radius 3 is 2.84 bits per heavy atom. The van der Waals surface area contributed by atoms with E-state index in [0.29, 0.717) is 13.0 Å². The van der Waals surface area contributed by atoms with Crippen LogP contribution in [0.2, 0.25) is 0 Å². The molecule has 0 saturated carbocycles. The molecule has 0 bridgehead atoms. The molecular formula is C15H17N3O. The second-order valence-corrected chi connectivity index (χ2v) is 4.95. The van der Waals surface area contributed by atoms with Gasteiger partial charge in [-0.05, 0) is 25.1 Å². The number of aliphatic hydroxyl groups is 1. The van der Waals surface area contributed by atoms with Crippen molar-refractivity contribution in [1.29, 1.82) is 0 Å². The first-order valence-electron chi connectivity index (χ1n) is 6.56. The molecule has 0 fully saturated rings. The highest BCUT2D eigenvalue weighted by Gasteiger charge is 2.40. The van der Waals surface area contributed by atoms with E-state index in [1.807, 2.05) is 30.3 Å². The maximum atomic E-state index is 11.0. The number of β-amino-alcohol motifs (C(OH)–C–C–N with tert-alkyl or cyclic N) is 1. The van der Waals surface area contributed by atoms with Gasteiger partial charge in [0.05, 0.1) is 12.2 Å². The van der Waals surface area contributed by atoms with Crippen molar-refractivity contribution in [3.8, 4) is 0 Å². The lowest BCUT2D eigenvalue weighted by Gasteiger charge is -2.24. The van der Waals surface area contributed by atoms with Crippen molar-refractivity contribution >= 4 is 5.69 Å². The van der Waals surface area contributed by atoms with Crippen LogP contribution in [0.15, 0.2) is 42.6 Å². The first-order valence-corrected chi connectivity index (χ1v) is 6.56. The van der Waals surface area contributed by atoms with Crippen molar-refractivity contribution in [3.63, 3.8) is 0 Å². The summed E-state index contributed by atoms with van der Waals surface area (Å²) in [6, 6.07) is 11.8. The summed E-state index contributed by atoms with van der Waals surface area (Å²) in [5, 5.41) is 18.9. The second-order valence-electron chi connectivity index (χ2n) is 4.95. The number of rotatable bonds is 3. The minimum Gasteiger partial charge on any atom is -0.383 e. The summed E-state index contributed by atoms with van der Waals surface area (Å²) in [5.74, 6) is 0. The van der Waals surface area contributed by atoms with Gasteiger partial charge in [-0.25, -0.2) is 0 Å². The van der Waals surface area contributed by atoms with Gasteiger partial charge in [0.1, 0.15) is 5.60 Å². The van der Waals surface area contributed by atoms with E-state index in [9.17, 15) is 5.11 Å². The number of aromatic nitrogens is 2. The maximum Gasteiger partial charge on any atom is 0.115 e. The smallest absolute Gasteiger partial charge is 0.115 e. The third kappa shape index (κ3) is 2.08. The summed E-state index contributed by atoms with van der Waals surface area (Å²) in [4.78, 5) is 2.20. The largest absolute Gasteiger partial charge is 0.383 e. The van der Waals surface area contributed by atoms with E-state index in [0.717, 1.165) is 23.5 Å². The monoisotopic (exact) mass is 255 g/mol. The van der Waals surface area contributed by atoms with Crippen LogP contribution in [0.3, 0.4) is 0 Å². The van der Waals surface area contributed by atoms with Crippen molar-refractivity contribution in [2.24, 2.45) is 0 Å². The van der Waals surface area contributed by atoms with Crippen LogP contribution >= 0.6 is 0 Å². The molecule has 1 aromatic carbocycles. The fourth-order valence-corrected chi connectivity index (χ4v) is 2.79. The molecule has 1 unspecified atom stereocenters. The van der Waals surface area contributed by atoms with Crippen molar-refractivity contribution in [2.75, 3.05) is 18.0 Å². The molecule has 1 atom stereocenters. The minimum absolute atomic E-state index is 0.494. The van der Waals surface area contributed by atoms with Crippen LogP contribution in [0.25, 0.3) is 0 Å². The van der Waals surface area contributed by atoms with Gasteiger partial charge in [0, 0.05) is 30.4 Å². The number of fused-ring (bicyclic) bond motifs is 1. The van der Waals surface area contributed by atoms with E-state index in [-0.39, 0.29) is 0 Å². The van der Waals surface area contributed by atoms with E-state index in [2.05, 4.69) is 28.1 Å². The number of benzene rings is 1. The fourth-order valence-electron chi connectivity index (χ4n) is 2.79. The normalized spacial score (nSPS) is 21.5. The summed E-state index contributed by atoms with van der Waals surface area (Å²) in [6.07, 6.45) is 2.14. The van der Waals surface area contributed by atoms with Gasteiger partial charge in [0.15, 0.2) is 0 Å². The van der Waals surface area contributed by atoms with Gasteiger partial charge in [0.25, 0.3) is 0 Å². The van der Waals surface area contributed by atoms with Gasteiger partial charge in [-0.2, -0.15) is 10.2 Å². The molecule has 1 aliphatic heterocycles. The number of hydrogen-bond donors (Lipinski definition) is 1. The van der Waals surface area contributed by atoms with Gasteiger partial charge in [0.2, 0.25) is 0 Å². The van der Waals surface area contributed by atoms with E-state index < -0.39 is 5.60 Å². The lowest BCUT2D eigenvalue weighted by Crippen LogP contribution is -2.35. The Labute approximate surface area is 112 Å². The summed E-state index contributed by atoms with van der Waals surface area (Å²) < 4.78 is 0. The molecular weight excluding hydrogens is 238 g/mol. The van der Waals surface area contributed by atoms with Gasteiger partial charge >= 0.3 is 0 Å². The summed E-state index contributed by atoms with van der Waals surface area (Å²) in [6.45, 7) is 3.60. The van der Waals surface area contributed by atoms with Crippen LogP contribution in [0.5, 0.6) is 0 Å². The molecule has 0 spiro atoms. The first-order chi connectivity index (χ1) is 9.23.